The number of nitriles is 1. The highest BCUT2D eigenvalue weighted by molar-refractivity contribution is 5.22. The zero-order chi connectivity index (χ0) is 11.4. The molecule has 0 saturated heterocycles. The van der Waals surface area contributed by atoms with Crippen molar-refractivity contribution in [2.45, 2.75) is 19.8 Å². The fourth-order valence-electron chi connectivity index (χ4n) is 1.33. The second-order valence-electron chi connectivity index (χ2n) is 3.24. The molecule has 0 N–H and O–H groups in total. The van der Waals surface area contributed by atoms with Crippen LogP contribution in [0.4, 0.5) is 0 Å². The summed E-state index contributed by atoms with van der Waals surface area (Å²) in [6, 6.07) is 3.72. The maximum atomic E-state index is 8.62. The van der Waals surface area contributed by atoms with Gasteiger partial charge in [0.2, 0.25) is 0 Å². The molecule has 6 nitrogen and oxygen atoms in total. The minimum atomic E-state index is 0.135. The summed E-state index contributed by atoms with van der Waals surface area (Å²) < 4.78 is 1.47. The smallest absolute Gasteiger partial charge is 0.241 e. The minimum absolute atomic E-state index is 0.135. The quantitative estimate of drug-likeness (QED) is 0.757. The second kappa shape index (κ2) is 4.49. The van der Waals surface area contributed by atoms with Gasteiger partial charge in [-0.25, -0.2) is 19.6 Å². The van der Waals surface area contributed by atoms with Gasteiger partial charge in [-0.1, -0.05) is 13.3 Å². The van der Waals surface area contributed by atoms with Gasteiger partial charge in [0.15, 0.2) is 5.82 Å². The molecule has 0 saturated carbocycles. The molecule has 0 atom stereocenters. The highest BCUT2D eigenvalue weighted by Gasteiger charge is 2.04. The maximum Gasteiger partial charge on any atom is 0.252 e. The Kier molecular flexibility index (Phi) is 2.87. The lowest BCUT2D eigenvalue weighted by molar-refractivity contribution is 0.809. The van der Waals surface area contributed by atoms with E-state index in [1.165, 1.54) is 17.3 Å². The molecule has 16 heavy (non-hydrogen) atoms. The van der Waals surface area contributed by atoms with Crippen LogP contribution < -0.4 is 0 Å². The van der Waals surface area contributed by atoms with Crippen molar-refractivity contribution >= 4 is 0 Å². The van der Waals surface area contributed by atoms with Gasteiger partial charge in [-0.15, -0.1) is 5.10 Å². The maximum absolute atomic E-state index is 8.62. The van der Waals surface area contributed by atoms with E-state index in [0.717, 1.165) is 18.5 Å². The van der Waals surface area contributed by atoms with E-state index in [2.05, 4.69) is 27.0 Å². The van der Waals surface area contributed by atoms with Gasteiger partial charge in [0.05, 0.1) is 0 Å². The van der Waals surface area contributed by atoms with Gasteiger partial charge in [0, 0.05) is 11.8 Å². The molecule has 0 radical (unpaired) electrons. The van der Waals surface area contributed by atoms with Crippen molar-refractivity contribution in [2.24, 2.45) is 0 Å². The zero-order valence-corrected chi connectivity index (χ0v) is 8.83. The molecule has 0 aliphatic heterocycles. The van der Waals surface area contributed by atoms with Crippen molar-refractivity contribution in [3.8, 4) is 11.9 Å². The van der Waals surface area contributed by atoms with Crippen LogP contribution in [0.15, 0.2) is 18.7 Å². The fraction of sp³-hybridized carbons (Fsp3) is 0.300. The molecule has 2 rings (SSSR count). The van der Waals surface area contributed by atoms with Gasteiger partial charge in [-0.3, -0.25) is 0 Å². The van der Waals surface area contributed by atoms with E-state index in [9.17, 15) is 0 Å². The van der Waals surface area contributed by atoms with E-state index in [0.29, 0.717) is 5.82 Å². The van der Waals surface area contributed by atoms with Crippen LogP contribution in [0.2, 0.25) is 0 Å². The fourth-order valence-corrected chi connectivity index (χ4v) is 1.33. The van der Waals surface area contributed by atoms with Crippen LogP contribution >= 0.6 is 0 Å². The van der Waals surface area contributed by atoms with E-state index < -0.39 is 0 Å². The molecule has 0 unspecified atom stereocenters. The highest BCUT2D eigenvalue weighted by atomic mass is 15.4. The Hall–Kier alpha value is -2.29. The summed E-state index contributed by atoms with van der Waals surface area (Å²) in [7, 11) is 0. The molecule has 2 aromatic heterocycles. The third-order valence-corrected chi connectivity index (χ3v) is 2.04. The average Bonchev–Trinajstić information content (AvgIpc) is 2.78. The number of hydrogen-bond acceptors (Lipinski definition) is 5. The van der Waals surface area contributed by atoms with Gasteiger partial charge in [0.1, 0.15) is 18.7 Å². The van der Waals surface area contributed by atoms with Crippen molar-refractivity contribution in [1.82, 2.24) is 24.7 Å². The van der Waals surface area contributed by atoms with Gasteiger partial charge in [-0.2, -0.15) is 5.26 Å². The molecule has 2 aromatic rings. The first-order valence-corrected chi connectivity index (χ1v) is 4.96. The Bertz CT molecular complexity index is 524. The summed E-state index contributed by atoms with van der Waals surface area (Å²) in [4.78, 5) is 12.0. The number of hydrogen-bond donors (Lipinski definition) is 0. The van der Waals surface area contributed by atoms with Crippen molar-refractivity contribution < 1.29 is 0 Å². The number of aryl methyl sites for hydroxylation is 1. The molecule has 0 amide bonds. The van der Waals surface area contributed by atoms with Crippen LogP contribution in [-0.2, 0) is 6.42 Å². The van der Waals surface area contributed by atoms with Crippen LogP contribution in [0.1, 0.15) is 24.9 Å². The van der Waals surface area contributed by atoms with Crippen molar-refractivity contribution in [3.63, 3.8) is 0 Å². The van der Waals surface area contributed by atoms with Crippen LogP contribution in [0.5, 0.6) is 0 Å². The third kappa shape index (κ3) is 2.03. The summed E-state index contributed by atoms with van der Waals surface area (Å²) >= 11 is 0. The minimum Gasteiger partial charge on any atom is -0.241 e. The van der Waals surface area contributed by atoms with E-state index in [-0.39, 0.29) is 5.82 Å². The summed E-state index contributed by atoms with van der Waals surface area (Å²) in [5.74, 6) is 0.767. The van der Waals surface area contributed by atoms with Gasteiger partial charge >= 0.3 is 0 Å². The summed E-state index contributed by atoms with van der Waals surface area (Å²) in [5, 5.41) is 12.6. The van der Waals surface area contributed by atoms with Crippen LogP contribution in [0.25, 0.3) is 5.82 Å². The molecule has 0 aromatic carbocycles. The van der Waals surface area contributed by atoms with Gasteiger partial charge < -0.3 is 0 Å². The molecule has 0 bridgehead atoms. The largest absolute Gasteiger partial charge is 0.252 e. The predicted octanol–water partition coefficient (Wildman–Crippen LogP) is 0.881. The SMILES string of the molecule is CCCc1cc(-n2cnc(C#N)n2)ncn1. The van der Waals surface area contributed by atoms with E-state index in [4.69, 9.17) is 5.26 Å². The molecule has 0 spiro atoms. The van der Waals surface area contributed by atoms with E-state index in [1.807, 2.05) is 12.1 Å². The molecule has 2 heterocycles. The first-order valence-electron chi connectivity index (χ1n) is 4.96. The lowest BCUT2D eigenvalue weighted by Gasteiger charge is -2.01. The molecule has 0 fully saturated rings. The molecular weight excluding hydrogens is 204 g/mol. The normalized spacial score (nSPS) is 10.0. The number of aromatic nitrogens is 5. The van der Waals surface area contributed by atoms with Crippen LogP contribution in [-0.4, -0.2) is 24.7 Å². The van der Waals surface area contributed by atoms with Crippen molar-refractivity contribution in [3.05, 3.63) is 30.2 Å². The Balaban J connectivity index is 2.33. The van der Waals surface area contributed by atoms with Gasteiger partial charge in [-0.05, 0) is 6.42 Å². The summed E-state index contributed by atoms with van der Waals surface area (Å²) in [5.41, 5.74) is 0.960. The predicted molar refractivity (Wildman–Crippen MR) is 55.7 cm³/mol. The molecule has 0 aliphatic rings. The standard InChI is InChI=1S/C10H10N6/c1-2-3-8-4-10(13-6-12-8)16-7-14-9(5-11)15-16/h4,6-7H,2-3H2,1H3. The van der Waals surface area contributed by atoms with Gasteiger partial charge in [0.25, 0.3) is 5.82 Å². The lowest BCUT2D eigenvalue weighted by atomic mass is 10.2. The number of nitrogens with zero attached hydrogens (tertiary/aromatic N) is 6. The lowest BCUT2D eigenvalue weighted by Crippen LogP contribution is -2.01. The Morgan fingerprint density at radius 1 is 1.38 bits per heavy atom. The first-order chi connectivity index (χ1) is 7.83. The zero-order valence-electron chi connectivity index (χ0n) is 8.83. The van der Waals surface area contributed by atoms with Crippen LogP contribution in [0.3, 0.4) is 0 Å². The number of rotatable bonds is 3. The Labute approximate surface area is 92.6 Å². The second-order valence-corrected chi connectivity index (χ2v) is 3.24. The monoisotopic (exact) mass is 214 g/mol. The van der Waals surface area contributed by atoms with Crippen LogP contribution in [0, 0.1) is 11.3 Å². The third-order valence-electron chi connectivity index (χ3n) is 2.04. The van der Waals surface area contributed by atoms with E-state index >= 15 is 0 Å². The Morgan fingerprint density at radius 3 is 2.94 bits per heavy atom. The highest BCUT2D eigenvalue weighted by Crippen LogP contribution is 2.05. The average molecular weight is 214 g/mol. The molecule has 0 aliphatic carbocycles. The van der Waals surface area contributed by atoms with Crippen molar-refractivity contribution in [1.29, 1.82) is 5.26 Å². The summed E-state index contributed by atoms with van der Waals surface area (Å²) in [6.45, 7) is 2.09. The summed E-state index contributed by atoms with van der Waals surface area (Å²) in [6.07, 6.45) is 4.89. The molecule has 6 heteroatoms. The first kappa shape index (κ1) is 10.2. The molecular formula is C10H10N6. The Morgan fingerprint density at radius 2 is 2.25 bits per heavy atom. The van der Waals surface area contributed by atoms with E-state index in [1.54, 1.807) is 0 Å². The molecule has 80 valence electrons. The van der Waals surface area contributed by atoms with Crippen molar-refractivity contribution in [2.75, 3.05) is 0 Å². The topological polar surface area (TPSA) is 80.3 Å².